The van der Waals surface area contributed by atoms with Crippen LogP contribution in [0.2, 0.25) is 0 Å². The number of ether oxygens (including phenoxy) is 4. The first-order chi connectivity index (χ1) is 6.81. The molecule has 1 aromatic rings. The van der Waals surface area contributed by atoms with Gasteiger partial charge in [-0.2, -0.15) is 0 Å². The number of nitrogen functional groups attached to an aromatic ring is 1. The molecule has 0 aromatic heterocycles. The van der Waals surface area contributed by atoms with Crippen molar-refractivity contribution in [1.82, 2.24) is 0 Å². The van der Waals surface area contributed by atoms with E-state index in [0.717, 1.165) is 0 Å². The second-order valence-corrected chi connectivity index (χ2v) is 2.79. The molecule has 0 radical (unpaired) electrons. The minimum absolute atomic E-state index is 0.157. The van der Waals surface area contributed by atoms with Crippen LogP contribution in [0.3, 0.4) is 0 Å². The van der Waals surface area contributed by atoms with Crippen LogP contribution < -0.4 is 19.9 Å². The minimum Gasteiger partial charge on any atom is -0.465 e. The molecule has 0 bridgehead atoms. The van der Waals surface area contributed by atoms with E-state index in [0.29, 0.717) is 22.9 Å². The van der Waals surface area contributed by atoms with Crippen molar-refractivity contribution in [3.05, 3.63) is 12.1 Å². The second kappa shape index (κ2) is 3.63. The summed E-state index contributed by atoms with van der Waals surface area (Å²) >= 11 is 0. The molecule has 0 aliphatic carbocycles. The number of fused-ring (bicyclic) bond motifs is 1. The van der Waals surface area contributed by atoms with Crippen LogP contribution in [0.15, 0.2) is 12.1 Å². The van der Waals surface area contributed by atoms with Gasteiger partial charge in [0.15, 0.2) is 18.3 Å². The van der Waals surface area contributed by atoms with Gasteiger partial charge in [-0.15, -0.1) is 0 Å². The van der Waals surface area contributed by atoms with Crippen LogP contribution in [-0.4, -0.2) is 20.7 Å². The van der Waals surface area contributed by atoms with Gasteiger partial charge in [-0.05, 0) is 0 Å². The van der Waals surface area contributed by atoms with Crippen LogP contribution in [0.5, 0.6) is 17.2 Å². The van der Waals surface area contributed by atoms with Crippen molar-refractivity contribution < 1.29 is 18.9 Å². The number of methoxy groups -OCH3 is 1. The molecular formula is C9H11NO4. The van der Waals surface area contributed by atoms with E-state index in [2.05, 4.69) is 0 Å². The molecule has 0 unspecified atom stereocenters. The Morgan fingerprint density at radius 3 is 2.79 bits per heavy atom. The molecule has 1 aromatic carbocycles. The Bertz CT molecular complexity index is 340. The van der Waals surface area contributed by atoms with Crippen molar-refractivity contribution >= 4 is 5.69 Å². The van der Waals surface area contributed by atoms with E-state index in [4.69, 9.17) is 24.7 Å². The summed E-state index contributed by atoms with van der Waals surface area (Å²) < 4.78 is 20.3. The Hall–Kier alpha value is -1.62. The largest absolute Gasteiger partial charge is 0.465 e. The third kappa shape index (κ3) is 1.54. The quantitative estimate of drug-likeness (QED) is 0.578. The van der Waals surface area contributed by atoms with Gasteiger partial charge in [0.25, 0.3) is 0 Å². The number of rotatable bonds is 3. The lowest BCUT2D eigenvalue weighted by Crippen LogP contribution is -2.01. The van der Waals surface area contributed by atoms with Crippen molar-refractivity contribution in [3.63, 3.8) is 0 Å². The molecule has 76 valence electrons. The van der Waals surface area contributed by atoms with Gasteiger partial charge in [0, 0.05) is 19.2 Å². The van der Waals surface area contributed by atoms with Crippen molar-refractivity contribution in [2.75, 3.05) is 26.4 Å². The van der Waals surface area contributed by atoms with E-state index < -0.39 is 0 Å². The number of benzene rings is 1. The summed E-state index contributed by atoms with van der Waals surface area (Å²) in [6.07, 6.45) is 0. The lowest BCUT2D eigenvalue weighted by Gasteiger charge is -2.08. The Morgan fingerprint density at radius 2 is 2.07 bits per heavy atom. The Labute approximate surface area is 81.3 Å². The van der Waals surface area contributed by atoms with E-state index in [9.17, 15) is 0 Å². The van der Waals surface area contributed by atoms with Crippen molar-refractivity contribution in [2.45, 2.75) is 0 Å². The van der Waals surface area contributed by atoms with E-state index in [-0.39, 0.29) is 13.6 Å². The standard InChI is InChI=1S/C9H11NO4/c1-11-4-12-7-3-9-8(2-6(7)10)13-5-14-9/h2-3H,4-5,10H2,1H3. The summed E-state index contributed by atoms with van der Waals surface area (Å²) in [6.45, 7) is 0.381. The Morgan fingerprint density at radius 1 is 1.36 bits per heavy atom. The van der Waals surface area contributed by atoms with Crippen LogP contribution in [0.4, 0.5) is 5.69 Å². The smallest absolute Gasteiger partial charge is 0.231 e. The fourth-order valence-electron chi connectivity index (χ4n) is 1.19. The fourth-order valence-corrected chi connectivity index (χ4v) is 1.19. The van der Waals surface area contributed by atoms with Gasteiger partial charge >= 0.3 is 0 Å². The topological polar surface area (TPSA) is 62.9 Å². The van der Waals surface area contributed by atoms with Crippen molar-refractivity contribution in [2.24, 2.45) is 0 Å². The molecule has 5 heteroatoms. The Balaban J connectivity index is 2.23. The SMILES string of the molecule is COCOc1cc2c(cc1N)OCO2. The molecule has 0 saturated heterocycles. The normalized spacial score (nSPS) is 12.9. The predicted molar refractivity (Wildman–Crippen MR) is 49.5 cm³/mol. The van der Waals surface area contributed by atoms with E-state index >= 15 is 0 Å². The first kappa shape index (κ1) is 8.96. The summed E-state index contributed by atoms with van der Waals surface area (Å²) in [6, 6.07) is 3.37. The molecule has 1 heterocycles. The Kier molecular flexibility index (Phi) is 2.32. The molecule has 0 atom stereocenters. The first-order valence-electron chi connectivity index (χ1n) is 4.12. The molecule has 0 spiro atoms. The highest BCUT2D eigenvalue weighted by Gasteiger charge is 2.16. The van der Waals surface area contributed by atoms with E-state index in [1.54, 1.807) is 19.2 Å². The van der Waals surface area contributed by atoms with Crippen LogP contribution in [0, 0.1) is 0 Å². The van der Waals surface area contributed by atoms with Crippen molar-refractivity contribution in [3.8, 4) is 17.2 Å². The fraction of sp³-hybridized carbons (Fsp3) is 0.333. The highest BCUT2D eigenvalue weighted by molar-refractivity contribution is 5.62. The first-order valence-corrected chi connectivity index (χ1v) is 4.12. The lowest BCUT2D eigenvalue weighted by molar-refractivity contribution is 0.0515. The molecule has 2 N–H and O–H groups in total. The van der Waals surface area contributed by atoms with Crippen LogP contribution in [0.1, 0.15) is 0 Å². The highest BCUT2D eigenvalue weighted by atomic mass is 16.7. The lowest BCUT2D eigenvalue weighted by atomic mass is 10.2. The molecule has 0 amide bonds. The molecular weight excluding hydrogens is 186 g/mol. The van der Waals surface area contributed by atoms with Crippen LogP contribution in [-0.2, 0) is 4.74 Å². The molecule has 0 fully saturated rings. The molecule has 0 saturated carbocycles. The van der Waals surface area contributed by atoms with Gasteiger partial charge in [0.05, 0.1) is 5.69 Å². The van der Waals surface area contributed by atoms with Gasteiger partial charge in [-0.3, -0.25) is 0 Å². The third-order valence-corrected chi connectivity index (χ3v) is 1.84. The maximum Gasteiger partial charge on any atom is 0.231 e. The average molecular weight is 197 g/mol. The zero-order valence-corrected chi connectivity index (χ0v) is 7.78. The molecule has 1 aliphatic rings. The number of hydrogen-bond donors (Lipinski definition) is 1. The van der Waals surface area contributed by atoms with Gasteiger partial charge in [-0.25, -0.2) is 0 Å². The monoisotopic (exact) mass is 197 g/mol. The summed E-state index contributed by atoms with van der Waals surface area (Å²) in [5, 5.41) is 0. The summed E-state index contributed by atoms with van der Waals surface area (Å²) in [4.78, 5) is 0. The molecule has 14 heavy (non-hydrogen) atoms. The third-order valence-electron chi connectivity index (χ3n) is 1.84. The van der Waals surface area contributed by atoms with E-state index in [1.165, 1.54) is 0 Å². The van der Waals surface area contributed by atoms with Gasteiger partial charge in [0.2, 0.25) is 6.79 Å². The summed E-state index contributed by atoms with van der Waals surface area (Å²) in [5.41, 5.74) is 6.22. The van der Waals surface area contributed by atoms with E-state index in [1.807, 2.05) is 0 Å². The van der Waals surface area contributed by atoms with Gasteiger partial charge in [-0.1, -0.05) is 0 Å². The van der Waals surface area contributed by atoms with Gasteiger partial charge in [0.1, 0.15) is 5.75 Å². The summed E-state index contributed by atoms with van der Waals surface area (Å²) in [5.74, 6) is 1.83. The average Bonchev–Trinajstić information content (AvgIpc) is 2.61. The molecule has 5 nitrogen and oxygen atoms in total. The maximum atomic E-state index is 5.72. The minimum atomic E-state index is 0.157. The highest BCUT2D eigenvalue weighted by Crippen LogP contribution is 2.39. The summed E-state index contributed by atoms with van der Waals surface area (Å²) in [7, 11) is 1.54. The second-order valence-electron chi connectivity index (χ2n) is 2.79. The van der Waals surface area contributed by atoms with Gasteiger partial charge < -0.3 is 24.7 Å². The number of anilines is 1. The van der Waals surface area contributed by atoms with Crippen LogP contribution in [0.25, 0.3) is 0 Å². The predicted octanol–water partition coefficient (Wildman–Crippen LogP) is 0.980. The van der Waals surface area contributed by atoms with Crippen molar-refractivity contribution in [1.29, 1.82) is 0 Å². The molecule has 2 rings (SSSR count). The number of nitrogens with two attached hydrogens (primary N) is 1. The zero-order valence-electron chi connectivity index (χ0n) is 7.78. The number of hydrogen-bond acceptors (Lipinski definition) is 5. The molecule has 1 aliphatic heterocycles. The zero-order chi connectivity index (χ0) is 9.97. The maximum absolute atomic E-state index is 5.72. The van der Waals surface area contributed by atoms with Crippen LogP contribution >= 0.6 is 0 Å².